The standard InChI is InChI=1S/C17H20N6O3S2/c1-9-10(2)27-16(19-9)20-14(24)11(3)28-17-22-21-13(23(17)4)8-18-15(25)12-6-5-7-26-12/h5-7,11H,8H2,1-4H3,(H,18,25)(H,19,20,24)/t11-/m0/s1. The van der Waals surface area contributed by atoms with Crippen molar-refractivity contribution in [1.82, 2.24) is 25.1 Å². The average molecular weight is 421 g/mol. The molecule has 0 spiro atoms. The lowest BCUT2D eigenvalue weighted by Gasteiger charge is -2.10. The molecule has 2 N–H and O–H groups in total. The van der Waals surface area contributed by atoms with Crippen molar-refractivity contribution in [3.8, 4) is 0 Å². The molecular formula is C17H20N6O3S2. The topological polar surface area (TPSA) is 115 Å². The number of furan rings is 1. The lowest BCUT2D eigenvalue weighted by Crippen LogP contribution is -2.24. The fourth-order valence-corrected chi connectivity index (χ4v) is 3.85. The van der Waals surface area contributed by atoms with Crippen LogP contribution in [0.25, 0.3) is 0 Å². The van der Waals surface area contributed by atoms with Crippen molar-refractivity contribution in [1.29, 1.82) is 0 Å². The predicted octanol–water partition coefficient (Wildman–Crippen LogP) is 2.53. The molecule has 3 rings (SSSR count). The zero-order valence-electron chi connectivity index (χ0n) is 15.8. The molecule has 0 aliphatic carbocycles. The maximum Gasteiger partial charge on any atom is 0.287 e. The Morgan fingerprint density at radius 3 is 2.79 bits per heavy atom. The van der Waals surface area contributed by atoms with Gasteiger partial charge in [0.05, 0.1) is 23.8 Å². The molecule has 2 amide bonds. The third-order valence-corrected chi connectivity index (χ3v) is 6.11. The van der Waals surface area contributed by atoms with E-state index in [-0.39, 0.29) is 24.1 Å². The lowest BCUT2D eigenvalue weighted by atomic mass is 10.4. The Morgan fingerprint density at radius 2 is 2.14 bits per heavy atom. The molecule has 3 aromatic rings. The third kappa shape index (κ3) is 4.60. The van der Waals surface area contributed by atoms with E-state index in [4.69, 9.17) is 4.42 Å². The summed E-state index contributed by atoms with van der Waals surface area (Å²) in [5.41, 5.74) is 0.912. The molecule has 148 valence electrons. The first-order chi connectivity index (χ1) is 13.3. The fraction of sp³-hybridized carbons (Fsp3) is 0.353. The highest BCUT2D eigenvalue weighted by Gasteiger charge is 2.20. The molecule has 11 heteroatoms. The van der Waals surface area contributed by atoms with Crippen LogP contribution in [0.4, 0.5) is 5.13 Å². The lowest BCUT2D eigenvalue weighted by molar-refractivity contribution is -0.115. The van der Waals surface area contributed by atoms with Gasteiger partial charge in [-0.15, -0.1) is 21.5 Å². The minimum atomic E-state index is -0.391. The van der Waals surface area contributed by atoms with Crippen LogP contribution >= 0.6 is 23.1 Å². The Hall–Kier alpha value is -2.66. The van der Waals surface area contributed by atoms with Crippen molar-refractivity contribution < 1.29 is 14.0 Å². The van der Waals surface area contributed by atoms with Crippen molar-refractivity contribution in [3.63, 3.8) is 0 Å². The van der Waals surface area contributed by atoms with Crippen molar-refractivity contribution in [3.05, 3.63) is 40.6 Å². The summed E-state index contributed by atoms with van der Waals surface area (Å²) in [5, 5.41) is 14.5. The van der Waals surface area contributed by atoms with Gasteiger partial charge in [-0.3, -0.25) is 9.59 Å². The van der Waals surface area contributed by atoms with Gasteiger partial charge in [-0.1, -0.05) is 11.8 Å². The number of thioether (sulfide) groups is 1. The number of carbonyl (C=O) groups excluding carboxylic acids is 2. The molecule has 0 fully saturated rings. The number of anilines is 1. The molecule has 0 radical (unpaired) electrons. The summed E-state index contributed by atoms with van der Waals surface area (Å²) < 4.78 is 6.79. The van der Waals surface area contributed by atoms with Crippen LogP contribution in [0, 0.1) is 13.8 Å². The Balaban J connectivity index is 1.56. The number of hydrogen-bond acceptors (Lipinski definition) is 8. The summed E-state index contributed by atoms with van der Waals surface area (Å²) >= 11 is 2.73. The molecule has 0 saturated carbocycles. The van der Waals surface area contributed by atoms with E-state index in [9.17, 15) is 9.59 Å². The minimum Gasteiger partial charge on any atom is -0.459 e. The smallest absolute Gasteiger partial charge is 0.287 e. The first kappa shape index (κ1) is 20.1. The quantitative estimate of drug-likeness (QED) is 0.564. The van der Waals surface area contributed by atoms with E-state index in [2.05, 4.69) is 25.8 Å². The molecule has 0 unspecified atom stereocenters. The van der Waals surface area contributed by atoms with Crippen LogP contribution in [-0.4, -0.2) is 36.8 Å². The van der Waals surface area contributed by atoms with Crippen molar-refractivity contribution >= 4 is 40.0 Å². The Labute approximate surface area is 169 Å². The van der Waals surface area contributed by atoms with Gasteiger partial charge in [-0.05, 0) is 32.9 Å². The maximum absolute atomic E-state index is 12.4. The number of aryl methyl sites for hydroxylation is 2. The van der Waals surface area contributed by atoms with Gasteiger partial charge in [0, 0.05) is 11.9 Å². The normalized spacial score (nSPS) is 12.0. The number of aromatic nitrogens is 4. The van der Waals surface area contributed by atoms with E-state index < -0.39 is 5.25 Å². The van der Waals surface area contributed by atoms with E-state index in [1.165, 1.54) is 29.4 Å². The molecule has 0 saturated heterocycles. The minimum absolute atomic E-state index is 0.158. The second-order valence-electron chi connectivity index (χ2n) is 6.03. The average Bonchev–Trinajstić information content (AvgIpc) is 3.37. The number of thiazole rings is 1. The molecule has 3 aromatic heterocycles. The zero-order chi connectivity index (χ0) is 20.3. The largest absolute Gasteiger partial charge is 0.459 e. The van der Waals surface area contributed by atoms with Crippen molar-refractivity contribution in [2.45, 2.75) is 37.7 Å². The third-order valence-electron chi connectivity index (χ3n) is 3.99. The van der Waals surface area contributed by atoms with E-state index in [1.54, 1.807) is 30.7 Å². The Kier molecular flexibility index (Phi) is 6.15. The Bertz CT molecular complexity index is 960. The molecule has 0 aromatic carbocycles. The van der Waals surface area contributed by atoms with Crippen molar-refractivity contribution in [2.75, 3.05) is 5.32 Å². The van der Waals surface area contributed by atoms with Gasteiger partial charge >= 0.3 is 0 Å². The SMILES string of the molecule is Cc1nc(NC(=O)[C@H](C)Sc2nnc(CNC(=O)c3ccco3)n2C)sc1C. The van der Waals surface area contributed by atoms with Crippen LogP contribution in [0.3, 0.4) is 0 Å². The summed E-state index contributed by atoms with van der Waals surface area (Å²) in [6.45, 7) is 5.86. The number of hydrogen-bond donors (Lipinski definition) is 2. The van der Waals surface area contributed by atoms with Crippen molar-refractivity contribution in [2.24, 2.45) is 7.05 Å². The number of amides is 2. The van der Waals surface area contributed by atoms with Gasteiger partial charge in [0.1, 0.15) is 0 Å². The highest BCUT2D eigenvalue weighted by Crippen LogP contribution is 2.25. The summed E-state index contributed by atoms with van der Waals surface area (Å²) in [6, 6.07) is 3.23. The summed E-state index contributed by atoms with van der Waals surface area (Å²) in [4.78, 5) is 29.7. The molecule has 9 nitrogen and oxygen atoms in total. The van der Waals surface area contributed by atoms with E-state index >= 15 is 0 Å². The zero-order valence-corrected chi connectivity index (χ0v) is 17.5. The highest BCUT2D eigenvalue weighted by atomic mass is 32.2. The second-order valence-corrected chi connectivity index (χ2v) is 8.54. The molecule has 0 aliphatic heterocycles. The van der Waals surface area contributed by atoms with E-state index in [1.807, 2.05) is 13.8 Å². The fourth-order valence-electron chi connectivity index (χ4n) is 2.20. The highest BCUT2D eigenvalue weighted by molar-refractivity contribution is 8.00. The van der Waals surface area contributed by atoms with Crippen LogP contribution in [0.2, 0.25) is 0 Å². The predicted molar refractivity (Wildman–Crippen MR) is 106 cm³/mol. The molecule has 28 heavy (non-hydrogen) atoms. The first-order valence-electron chi connectivity index (χ1n) is 8.46. The van der Waals surface area contributed by atoms with Crippen LogP contribution in [0.1, 0.15) is 33.9 Å². The van der Waals surface area contributed by atoms with Gasteiger partial charge < -0.3 is 19.6 Å². The van der Waals surface area contributed by atoms with Crippen LogP contribution in [0.5, 0.6) is 0 Å². The van der Waals surface area contributed by atoms with Gasteiger partial charge in [0.15, 0.2) is 21.9 Å². The number of nitrogens with one attached hydrogen (secondary N) is 2. The summed E-state index contributed by atoms with van der Waals surface area (Å²) in [7, 11) is 1.79. The molecular weight excluding hydrogens is 400 g/mol. The van der Waals surface area contributed by atoms with E-state index in [0.717, 1.165) is 10.6 Å². The Morgan fingerprint density at radius 1 is 1.36 bits per heavy atom. The summed E-state index contributed by atoms with van der Waals surface area (Å²) in [6.07, 6.45) is 1.44. The molecule has 0 bridgehead atoms. The number of rotatable bonds is 7. The monoisotopic (exact) mass is 420 g/mol. The molecule has 1 atom stereocenters. The maximum atomic E-state index is 12.4. The van der Waals surface area contributed by atoms with Crippen LogP contribution in [0.15, 0.2) is 28.0 Å². The van der Waals surface area contributed by atoms with Gasteiger partial charge in [0.25, 0.3) is 5.91 Å². The van der Waals surface area contributed by atoms with Gasteiger partial charge in [0.2, 0.25) is 5.91 Å². The van der Waals surface area contributed by atoms with Crippen LogP contribution in [-0.2, 0) is 18.4 Å². The molecule has 0 aliphatic rings. The number of nitrogens with zero attached hydrogens (tertiary/aromatic N) is 4. The van der Waals surface area contributed by atoms with Gasteiger partial charge in [-0.2, -0.15) is 0 Å². The van der Waals surface area contributed by atoms with Crippen LogP contribution < -0.4 is 10.6 Å². The second kappa shape index (κ2) is 8.57. The first-order valence-corrected chi connectivity index (χ1v) is 10.2. The summed E-state index contributed by atoms with van der Waals surface area (Å²) in [5.74, 6) is 0.314. The molecule has 3 heterocycles. The van der Waals surface area contributed by atoms with E-state index in [0.29, 0.717) is 16.1 Å². The van der Waals surface area contributed by atoms with Gasteiger partial charge in [-0.25, -0.2) is 4.98 Å². The number of carbonyl (C=O) groups is 2.